The lowest BCUT2D eigenvalue weighted by Gasteiger charge is -2.20. The van der Waals surface area contributed by atoms with Gasteiger partial charge in [-0.3, -0.25) is 0 Å². The number of nitrogen functional groups attached to an aromatic ring is 1. The van der Waals surface area contributed by atoms with Gasteiger partial charge in [0, 0.05) is 23.2 Å². The molecule has 0 unspecified atom stereocenters. The average Bonchev–Trinajstić information content (AvgIpc) is 2.27. The van der Waals surface area contributed by atoms with Gasteiger partial charge in [-0.05, 0) is 54.4 Å². The van der Waals surface area contributed by atoms with Crippen molar-refractivity contribution in [3.63, 3.8) is 0 Å². The smallest absolute Gasteiger partial charge is 0.321 e. The number of hydrogen-bond acceptors (Lipinski definition) is 2. The predicted octanol–water partition coefficient (Wildman–Crippen LogP) is 3.21. The van der Waals surface area contributed by atoms with E-state index in [9.17, 15) is 4.79 Å². The minimum absolute atomic E-state index is 0.112. The Hall–Kier alpha value is -1.23. The average molecular weight is 300 g/mol. The van der Waals surface area contributed by atoms with Crippen molar-refractivity contribution in [1.82, 2.24) is 4.90 Å². The van der Waals surface area contributed by atoms with Crippen LogP contribution in [0.3, 0.4) is 0 Å². The van der Waals surface area contributed by atoms with Crippen molar-refractivity contribution in [2.24, 2.45) is 0 Å². The number of amides is 2. The minimum atomic E-state index is -0.112. The number of aryl methyl sites for hydroxylation is 1. The van der Waals surface area contributed by atoms with Crippen molar-refractivity contribution in [3.8, 4) is 0 Å². The maximum absolute atomic E-state index is 11.9. The highest BCUT2D eigenvalue weighted by Crippen LogP contribution is 2.27. The zero-order chi connectivity index (χ0) is 13.0. The van der Waals surface area contributed by atoms with E-state index in [-0.39, 0.29) is 6.03 Å². The van der Waals surface area contributed by atoms with Crippen LogP contribution < -0.4 is 11.1 Å². The van der Waals surface area contributed by atoms with Gasteiger partial charge in [0.1, 0.15) is 0 Å². The van der Waals surface area contributed by atoms with Gasteiger partial charge in [-0.1, -0.05) is 0 Å². The lowest BCUT2D eigenvalue weighted by Crippen LogP contribution is -2.34. The van der Waals surface area contributed by atoms with Gasteiger partial charge >= 0.3 is 6.03 Å². The Morgan fingerprint density at radius 1 is 1.41 bits per heavy atom. The largest absolute Gasteiger partial charge is 0.398 e. The quantitative estimate of drug-likeness (QED) is 0.842. The third-order valence-electron chi connectivity index (χ3n) is 2.65. The van der Waals surface area contributed by atoms with Gasteiger partial charge in [-0.25, -0.2) is 4.79 Å². The molecule has 1 rings (SSSR count). The Balaban J connectivity index is 2.88. The summed E-state index contributed by atoms with van der Waals surface area (Å²) in [6, 6.07) is 3.55. The number of rotatable bonds is 3. The second-order valence-corrected chi connectivity index (χ2v) is 4.65. The molecule has 0 heterocycles. The molecule has 0 aromatic heterocycles. The van der Waals surface area contributed by atoms with Gasteiger partial charge in [0.2, 0.25) is 0 Å². The van der Waals surface area contributed by atoms with Gasteiger partial charge in [-0.2, -0.15) is 0 Å². The van der Waals surface area contributed by atoms with E-state index in [0.717, 1.165) is 10.0 Å². The zero-order valence-corrected chi connectivity index (χ0v) is 12.0. The second kappa shape index (κ2) is 5.91. The predicted molar refractivity (Wildman–Crippen MR) is 75.2 cm³/mol. The number of carbonyl (C=O) groups is 1. The molecule has 2 amide bonds. The van der Waals surface area contributed by atoms with E-state index in [4.69, 9.17) is 5.73 Å². The molecule has 0 radical (unpaired) electrons. The normalized spacial score (nSPS) is 10.1. The summed E-state index contributed by atoms with van der Waals surface area (Å²) in [5, 5.41) is 2.84. The summed E-state index contributed by atoms with van der Waals surface area (Å²) in [5.41, 5.74) is 8.17. The molecule has 0 saturated carbocycles. The highest BCUT2D eigenvalue weighted by atomic mass is 79.9. The van der Waals surface area contributed by atoms with Gasteiger partial charge < -0.3 is 16.0 Å². The summed E-state index contributed by atoms with van der Waals surface area (Å²) >= 11 is 3.41. The van der Waals surface area contributed by atoms with Crippen LogP contribution in [-0.2, 0) is 0 Å². The molecule has 4 nitrogen and oxygen atoms in total. The fourth-order valence-corrected chi connectivity index (χ4v) is 2.05. The molecule has 0 aliphatic carbocycles. The molecule has 0 bridgehead atoms. The first kappa shape index (κ1) is 13.8. The lowest BCUT2D eigenvalue weighted by atomic mass is 10.2. The minimum Gasteiger partial charge on any atom is -0.398 e. The van der Waals surface area contributed by atoms with E-state index in [1.54, 1.807) is 11.0 Å². The summed E-state index contributed by atoms with van der Waals surface area (Å²) in [7, 11) is 0. The van der Waals surface area contributed by atoms with Crippen molar-refractivity contribution in [2.75, 3.05) is 24.1 Å². The van der Waals surface area contributed by atoms with E-state index in [2.05, 4.69) is 21.2 Å². The van der Waals surface area contributed by atoms with Crippen molar-refractivity contribution in [3.05, 3.63) is 22.2 Å². The summed E-state index contributed by atoms with van der Waals surface area (Å²) in [6.45, 7) is 7.18. The molecule has 0 aliphatic rings. The monoisotopic (exact) mass is 299 g/mol. The van der Waals surface area contributed by atoms with Crippen LogP contribution in [0.2, 0.25) is 0 Å². The molecular formula is C12H18BrN3O. The Kier molecular flexibility index (Phi) is 4.81. The van der Waals surface area contributed by atoms with Crippen LogP contribution >= 0.6 is 15.9 Å². The van der Waals surface area contributed by atoms with Crippen LogP contribution in [0.15, 0.2) is 16.6 Å². The van der Waals surface area contributed by atoms with Crippen LogP contribution in [0.1, 0.15) is 19.4 Å². The summed E-state index contributed by atoms with van der Waals surface area (Å²) in [5.74, 6) is 0. The summed E-state index contributed by atoms with van der Waals surface area (Å²) < 4.78 is 0.838. The fourth-order valence-electron chi connectivity index (χ4n) is 1.49. The summed E-state index contributed by atoms with van der Waals surface area (Å²) in [4.78, 5) is 13.6. The molecule has 17 heavy (non-hydrogen) atoms. The Morgan fingerprint density at radius 2 is 2.00 bits per heavy atom. The van der Waals surface area contributed by atoms with Gasteiger partial charge in [0.15, 0.2) is 0 Å². The van der Waals surface area contributed by atoms with Crippen LogP contribution in [0.4, 0.5) is 16.2 Å². The number of benzene rings is 1. The van der Waals surface area contributed by atoms with Gasteiger partial charge in [0.25, 0.3) is 0 Å². The molecule has 3 N–H and O–H groups in total. The standard InChI is InChI=1S/C12H18BrN3O/c1-4-16(5-2)12(17)15-11-7-10(14)8(3)6-9(11)13/h6-7H,4-5,14H2,1-3H3,(H,15,17). The van der Waals surface area contributed by atoms with Crippen LogP contribution in [0.25, 0.3) is 0 Å². The fraction of sp³-hybridized carbons (Fsp3) is 0.417. The maximum Gasteiger partial charge on any atom is 0.321 e. The van der Waals surface area contributed by atoms with Crippen molar-refractivity contribution in [1.29, 1.82) is 0 Å². The van der Waals surface area contributed by atoms with Crippen molar-refractivity contribution in [2.45, 2.75) is 20.8 Å². The third-order valence-corrected chi connectivity index (χ3v) is 3.30. The number of urea groups is 1. The van der Waals surface area contributed by atoms with Crippen LogP contribution in [0, 0.1) is 6.92 Å². The Bertz CT molecular complexity index is 416. The van der Waals surface area contributed by atoms with Crippen LogP contribution in [0.5, 0.6) is 0 Å². The molecule has 5 heteroatoms. The first-order chi connectivity index (χ1) is 7.99. The lowest BCUT2D eigenvalue weighted by molar-refractivity contribution is 0.217. The summed E-state index contributed by atoms with van der Waals surface area (Å²) in [6.07, 6.45) is 0. The highest BCUT2D eigenvalue weighted by molar-refractivity contribution is 9.10. The molecule has 0 atom stereocenters. The zero-order valence-electron chi connectivity index (χ0n) is 10.4. The molecule has 0 saturated heterocycles. The first-order valence-electron chi connectivity index (χ1n) is 5.61. The Morgan fingerprint density at radius 3 is 2.53 bits per heavy atom. The topological polar surface area (TPSA) is 58.4 Å². The highest BCUT2D eigenvalue weighted by Gasteiger charge is 2.12. The molecule has 1 aromatic carbocycles. The van der Waals surface area contributed by atoms with Crippen molar-refractivity contribution >= 4 is 33.3 Å². The molecule has 94 valence electrons. The number of nitrogens with one attached hydrogen (secondary N) is 1. The SMILES string of the molecule is CCN(CC)C(=O)Nc1cc(N)c(C)cc1Br. The molecule has 0 fully saturated rings. The first-order valence-corrected chi connectivity index (χ1v) is 6.40. The number of carbonyl (C=O) groups excluding carboxylic acids is 1. The second-order valence-electron chi connectivity index (χ2n) is 3.79. The third kappa shape index (κ3) is 3.36. The maximum atomic E-state index is 11.9. The van der Waals surface area contributed by atoms with E-state index in [0.29, 0.717) is 24.5 Å². The van der Waals surface area contributed by atoms with Crippen molar-refractivity contribution < 1.29 is 4.79 Å². The molecule has 1 aromatic rings. The number of nitrogens with zero attached hydrogens (tertiary/aromatic N) is 1. The number of nitrogens with two attached hydrogens (primary N) is 1. The molecular weight excluding hydrogens is 282 g/mol. The number of hydrogen-bond donors (Lipinski definition) is 2. The molecule has 0 spiro atoms. The van der Waals surface area contributed by atoms with Crippen LogP contribution in [-0.4, -0.2) is 24.0 Å². The van der Waals surface area contributed by atoms with E-state index in [1.165, 1.54) is 0 Å². The molecule has 0 aliphatic heterocycles. The Labute approximate surface area is 110 Å². The van der Waals surface area contributed by atoms with E-state index >= 15 is 0 Å². The van der Waals surface area contributed by atoms with E-state index < -0.39 is 0 Å². The van der Waals surface area contributed by atoms with E-state index in [1.807, 2.05) is 26.8 Å². The van der Waals surface area contributed by atoms with Gasteiger partial charge in [0.05, 0.1) is 5.69 Å². The van der Waals surface area contributed by atoms with Gasteiger partial charge in [-0.15, -0.1) is 0 Å². The number of halogens is 1. The number of anilines is 2.